The molecule has 1 N–H and O–H groups in total. The maximum atomic E-state index is 12.0. The summed E-state index contributed by atoms with van der Waals surface area (Å²) in [4.78, 5) is 26.5. The lowest BCUT2D eigenvalue weighted by molar-refractivity contribution is 0.0696. The minimum absolute atomic E-state index is 0.00628. The molecule has 0 saturated heterocycles. The Morgan fingerprint density at radius 1 is 0.941 bits per heavy atom. The van der Waals surface area contributed by atoms with Crippen molar-refractivity contribution in [3.05, 3.63) is 65.5 Å². The number of benzene rings is 1. The lowest BCUT2D eigenvalue weighted by Gasteiger charge is -2.01. The molecule has 2 aromatic rings. The first-order valence-electron chi connectivity index (χ1n) is 4.96. The first-order valence-corrected chi connectivity index (χ1v) is 4.96. The van der Waals surface area contributed by atoms with E-state index in [0.29, 0.717) is 5.56 Å². The summed E-state index contributed by atoms with van der Waals surface area (Å²) in [6.07, 6.45) is 2.58. The molecule has 2 rings (SSSR count). The third-order valence-corrected chi connectivity index (χ3v) is 2.28. The Kier molecular flexibility index (Phi) is 2.96. The SMILES string of the molecule is O=C(O)c1cncc(C(=O)c2ccccc2)c1. The Labute approximate surface area is 97.6 Å². The third-order valence-electron chi connectivity index (χ3n) is 2.28. The van der Waals surface area contributed by atoms with Crippen molar-refractivity contribution >= 4 is 11.8 Å². The number of carboxylic acids is 1. The van der Waals surface area contributed by atoms with Gasteiger partial charge in [-0.05, 0) is 6.07 Å². The van der Waals surface area contributed by atoms with Crippen LogP contribution in [0.2, 0.25) is 0 Å². The van der Waals surface area contributed by atoms with Crippen molar-refractivity contribution in [3.63, 3.8) is 0 Å². The predicted molar refractivity (Wildman–Crippen MR) is 61.1 cm³/mol. The van der Waals surface area contributed by atoms with Gasteiger partial charge in [-0.1, -0.05) is 30.3 Å². The lowest BCUT2D eigenvalue weighted by atomic mass is 10.0. The molecule has 0 radical (unpaired) electrons. The molecule has 0 atom stereocenters. The highest BCUT2D eigenvalue weighted by atomic mass is 16.4. The van der Waals surface area contributed by atoms with Crippen LogP contribution in [0.4, 0.5) is 0 Å². The second-order valence-corrected chi connectivity index (χ2v) is 3.46. The zero-order valence-electron chi connectivity index (χ0n) is 8.83. The molecule has 0 bridgehead atoms. The molecule has 4 nitrogen and oxygen atoms in total. The molecule has 0 saturated carbocycles. The molecule has 0 spiro atoms. The summed E-state index contributed by atoms with van der Waals surface area (Å²) in [5.74, 6) is -1.33. The fourth-order valence-electron chi connectivity index (χ4n) is 1.44. The fourth-order valence-corrected chi connectivity index (χ4v) is 1.44. The number of rotatable bonds is 3. The Bertz CT molecular complexity index is 564. The van der Waals surface area contributed by atoms with Gasteiger partial charge in [-0.3, -0.25) is 9.78 Å². The Hall–Kier alpha value is -2.49. The van der Waals surface area contributed by atoms with Crippen LogP contribution in [0.1, 0.15) is 26.3 Å². The highest BCUT2D eigenvalue weighted by molar-refractivity contribution is 6.09. The van der Waals surface area contributed by atoms with Crippen molar-refractivity contribution < 1.29 is 14.7 Å². The van der Waals surface area contributed by atoms with Gasteiger partial charge in [0.15, 0.2) is 5.78 Å². The van der Waals surface area contributed by atoms with Crippen LogP contribution in [-0.2, 0) is 0 Å². The van der Waals surface area contributed by atoms with Crippen molar-refractivity contribution in [2.24, 2.45) is 0 Å². The van der Waals surface area contributed by atoms with Gasteiger partial charge in [0.1, 0.15) is 0 Å². The molecular formula is C13H9NO3. The maximum Gasteiger partial charge on any atom is 0.337 e. The molecule has 84 valence electrons. The van der Waals surface area contributed by atoms with Gasteiger partial charge in [0, 0.05) is 23.5 Å². The van der Waals surface area contributed by atoms with Crippen LogP contribution in [0.25, 0.3) is 0 Å². The summed E-state index contributed by atoms with van der Waals surface area (Å²) < 4.78 is 0. The summed E-state index contributed by atoms with van der Waals surface area (Å²) in [6, 6.07) is 9.99. The molecule has 0 unspecified atom stereocenters. The van der Waals surface area contributed by atoms with Gasteiger partial charge in [-0.15, -0.1) is 0 Å². The zero-order valence-corrected chi connectivity index (χ0v) is 8.83. The standard InChI is InChI=1S/C13H9NO3/c15-12(9-4-2-1-3-5-9)10-6-11(13(16)17)8-14-7-10/h1-8H,(H,16,17). The van der Waals surface area contributed by atoms with E-state index in [2.05, 4.69) is 4.98 Å². The highest BCUT2D eigenvalue weighted by Gasteiger charge is 2.11. The molecule has 0 fully saturated rings. The Morgan fingerprint density at radius 2 is 1.59 bits per heavy atom. The normalized spacial score (nSPS) is 9.88. The second kappa shape index (κ2) is 4.57. The predicted octanol–water partition coefficient (Wildman–Crippen LogP) is 2.01. The quantitative estimate of drug-likeness (QED) is 0.814. The number of carbonyl (C=O) groups excluding carboxylic acids is 1. The molecule has 0 amide bonds. The minimum Gasteiger partial charge on any atom is -0.478 e. The molecule has 0 aliphatic rings. The van der Waals surface area contributed by atoms with Crippen LogP contribution in [0, 0.1) is 0 Å². The third kappa shape index (κ3) is 2.36. The number of pyridine rings is 1. The molecule has 4 heteroatoms. The van der Waals surface area contributed by atoms with Crippen molar-refractivity contribution in [3.8, 4) is 0 Å². The average Bonchev–Trinajstić information content (AvgIpc) is 2.39. The second-order valence-electron chi connectivity index (χ2n) is 3.46. The molecule has 0 aliphatic heterocycles. The zero-order chi connectivity index (χ0) is 12.3. The summed E-state index contributed by atoms with van der Waals surface area (Å²) in [5.41, 5.74) is 0.791. The number of carboxylic acid groups (broad SMARTS) is 1. The minimum atomic E-state index is -1.10. The van der Waals surface area contributed by atoms with Crippen LogP contribution in [0.3, 0.4) is 0 Å². The number of carbonyl (C=O) groups is 2. The van der Waals surface area contributed by atoms with Crippen molar-refractivity contribution in [1.29, 1.82) is 0 Å². The van der Waals surface area contributed by atoms with E-state index in [-0.39, 0.29) is 16.9 Å². The van der Waals surface area contributed by atoms with E-state index in [1.54, 1.807) is 24.3 Å². The largest absolute Gasteiger partial charge is 0.478 e. The molecule has 1 heterocycles. The van der Waals surface area contributed by atoms with Crippen LogP contribution in [0.5, 0.6) is 0 Å². The summed E-state index contributed by atoms with van der Waals surface area (Å²) in [6.45, 7) is 0. The van der Waals surface area contributed by atoms with Crippen molar-refractivity contribution in [1.82, 2.24) is 4.98 Å². The topological polar surface area (TPSA) is 67.3 Å². The summed E-state index contributed by atoms with van der Waals surface area (Å²) in [5, 5.41) is 8.81. The van der Waals surface area contributed by atoms with E-state index in [1.165, 1.54) is 18.5 Å². The van der Waals surface area contributed by atoms with E-state index < -0.39 is 5.97 Å². The van der Waals surface area contributed by atoms with Gasteiger partial charge in [0.05, 0.1) is 5.56 Å². The van der Waals surface area contributed by atoms with Gasteiger partial charge in [-0.25, -0.2) is 4.79 Å². The van der Waals surface area contributed by atoms with E-state index in [1.807, 2.05) is 6.07 Å². The van der Waals surface area contributed by atoms with Crippen LogP contribution in [0.15, 0.2) is 48.8 Å². The van der Waals surface area contributed by atoms with E-state index >= 15 is 0 Å². The summed E-state index contributed by atoms with van der Waals surface area (Å²) in [7, 11) is 0. The monoisotopic (exact) mass is 227 g/mol. The van der Waals surface area contributed by atoms with Crippen molar-refractivity contribution in [2.45, 2.75) is 0 Å². The van der Waals surface area contributed by atoms with Gasteiger partial charge in [0.2, 0.25) is 0 Å². The van der Waals surface area contributed by atoms with Crippen molar-refractivity contribution in [2.75, 3.05) is 0 Å². The number of nitrogens with zero attached hydrogens (tertiary/aromatic N) is 1. The summed E-state index contributed by atoms with van der Waals surface area (Å²) >= 11 is 0. The van der Waals surface area contributed by atoms with Gasteiger partial charge >= 0.3 is 5.97 Å². The number of aromatic carboxylic acids is 1. The van der Waals surface area contributed by atoms with Crippen LogP contribution in [-0.4, -0.2) is 21.8 Å². The molecule has 1 aromatic carbocycles. The smallest absolute Gasteiger partial charge is 0.337 e. The van der Waals surface area contributed by atoms with E-state index in [9.17, 15) is 9.59 Å². The van der Waals surface area contributed by atoms with Crippen LogP contribution < -0.4 is 0 Å². The first-order chi connectivity index (χ1) is 8.18. The molecule has 0 aliphatic carbocycles. The van der Waals surface area contributed by atoms with Gasteiger partial charge < -0.3 is 5.11 Å². The number of hydrogen-bond donors (Lipinski definition) is 1. The van der Waals surface area contributed by atoms with E-state index in [0.717, 1.165) is 0 Å². The van der Waals surface area contributed by atoms with E-state index in [4.69, 9.17) is 5.11 Å². The first kappa shape index (κ1) is 11.0. The molecule has 1 aromatic heterocycles. The Balaban J connectivity index is 2.38. The highest BCUT2D eigenvalue weighted by Crippen LogP contribution is 2.10. The molecule has 17 heavy (non-hydrogen) atoms. The number of aromatic nitrogens is 1. The average molecular weight is 227 g/mol. The Morgan fingerprint density at radius 3 is 2.24 bits per heavy atom. The van der Waals surface area contributed by atoms with Gasteiger partial charge in [-0.2, -0.15) is 0 Å². The number of ketones is 1. The lowest BCUT2D eigenvalue weighted by Crippen LogP contribution is -2.05. The van der Waals surface area contributed by atoms with Gasteiger partial charge in [0.25, 0.3) is 0 Å². The van der Waals surface area contributed by atoms with Crippen LogP contribution >= 0.6 is 0 Å². The fraction of sp³-hybridized carbons (Fsp3) is 0. The number of hydrogen-bond acceptors (Lipinski definition) is 3. The maximum absolute atomic E-state index is 12.0. The molecular weight excluding hydrogens is 218 g/mol.